The summed E-state index contributed by atoms with van der Waals surface area (Å²) in [6.45, 7) is 0.0846. The number of rotatable bonds is 4. The number of hydrogen-bond acceptors (Lipinski definition) is 5. The molecule has 0 atom stereocenters. The third-order valence-electron chi connectivity index (χ3n) is 3.32. The molecule has 1 aromatic carbocycles. The van der Waals surface area contributed by atoms with Crippen LogP contribution in [0.15, 0.2) is 51.8 Å². The van der Waals surface area contributed by atoms with E-state index in [2.05, 4.69) is 15.6 Å². The Kier molecular flexibility index (Phi) is 4.19. The van der Waals surface area contributed by atoms with Crippen molar-refractivity contribution in [3.05, 3.63) is 70.0 Å². The Morgan fingerprint density at radius 2 is 2.08 bits per heavy atom. The highest BCUT2D eigenvalue weighted by Gasteiger charge is 2.13. The van der Waals surface area contributed by atoms with Crippen molar-refractivity contribution in [3.63, 3.8) is 0 Å². The number of benzene rings is 1. The molecule has 122 valence electrons. The Hall–Kier alpha value is -3.29. The fourth-order valence-electron chi connectivity index (χ4n) is 2.07. The second kappa shape index (κ2) is 6.45. The Labute approximate surface area is 135 Å². The lowest BCUT2D eigenvalue weighted by atomic mass is 10.1. The molecule has 1 N–H and O–H groups in total. The van der Waals surface area contributed by atoms with Crippen LogP contribution in [-0.2, 0) is 13.6 Å². The molecule has 0 fully saturated rings. The number of aryl methyl sites for hydroxylation is 1. The van der Waals surface area contributed by atoms with Crippen LogP contribution in [-0.4, -0.2) is 20.8 Å². The molecular weight excluding hydrogens is 315 g/mol. The first-order valence-electron chi connectivity index (χ1n) is 7.07. The fraction of sp³-hybridized carbons (Fsp3) is 0.125. The Bertz CT molecular complexity index is 948. The monoisotopic (exact) mass is 328 g/mol. The standard InChI is InChI=1S/C16H13FN4O3/c1-21-15(22)7-6-13(19-21)16(23)18-9-10-8-14(24-20-10)11-4-2-3-5-12(11)17/h2-8H,9H2,1H3,(H,18,23). The highest BCUT2D eigenvalue weighted by Crippen LogP contribution is 2.23. The minimum Gasteiger partial charge on any atom is -0.356 e. The predicted molar refractivity (Wildman–Crippen MR) is 82.5 cm³/mol. The summed E-state index contributed by atoms with van der Waals surface area (Å²) in [6.07, 6.45) is 0. The van der Waals surface area contributed by atoms with E-state index < -0.39 is 11.7 Å². The maximum absolute atomic E-state index is 13.7. The zero-order chi connectivity index (χ0) is 17.1. The van der Waals surface area contributed by atoms with Crippen LogP contribution < -0.4 is 10.9 Å². The van der Waals surface area contributed by atoms with Crippen LogP contribution in [0.3, 0.4) is 0 Å². The first-order valence-corrected chi connectivity index (χ1v) is 7.07. The van der Waals surface area contributed by atoms with Crippen molar-refractivity contribution in [2.45, 2.75) is 6.54 Å². The minimum atomic E-state index is -0.457. The molecule has 3 rings (SSSR count). The zero-order valence-electron chi connectivity index (χ0n) is 12.7. The van der Waals surface area contributed by atoms with Gasteiger partial charge in [0.2, 0.25) is 0 Å². The van der Waals surface area contributed by atoms with Crippen molar-refractivity contribution in [2.75, 3.05) is 0 Å². The van der Waals surface area contributed by atoms with Crippen molar-refractivity contribution >= 4 is 5.91 Å². The van der Waals surface area contributed by atoms with Gasteiger partial charge in [0.25, 0.3) is 11.5 Å². The number of halogens is 1. The van der Waals surface area contributed by atoms with E-state index in [1.165, 1.54) is 25.2 Å². The van der Waals surface area contributed by atoms with Gasteiger partial charge in [0.15, 0.2) is 5.76 Å². The number of amides is 1. The summed E-state index contributed by atoms with van der Waals surface area (Å²) >= 11 is 0. The summed E-state index contributed by atoms with van der Waals surface area (Å²) in [6, 6.07) is 10.3. The van der Waals surface area contributed by atoms with Gasteiger partial charge in [-0.25, -0.2) is 9.07 Å². The lowest BCUT2D eigenvalue weighted by molar-refractivity contribution is 0.0942. The van der Waals surface area contributed by atoms with Gasteiger partial charge in [0.05, 0.1) is 12.1 Å². The minimum absolute atomic E-state index is 0.0846. The number of carbonyl (C=O) groups is 1. The third kappa shape index (κ3) is 3.22. The van der Waals surface area contributed by atoms with Crippen molar-refractivity contribution in [3.8, 4) is 11.3 Å². The third-order valence-corrected chi connectivity index (χ3v) is 3.32. The van der Waals surface area contributed by atoms with Gasteiger partial charge in [-0.3, -0.25) is 9.59 Å². The van der Waals surface area contributed by atoms with Crippen LogP contribution in [0.25, 0.3) is 11.3 Å². The smallest absolute Gasteiger partial charge is 0.272 e. The summed E-state index contributed by atoms with van der Waals surface area (Å²) < 4.78 is 19.9. The Morgan fingerprint density at radius 3 is 2.83 bits per heavy atom. The fourth-order valence-corrected chi connectivity index (χ4v) is 2.07. The van der Waals surface area contributed by atoms with E-state index in [4.69, 9.17) is 4.52 Å². The van der Waals surface area contributed by atoms with E-state index in [1.54, 1.807) is 24.3 Å². The summed E-state index contributed by atoms with van der Waals surface area (Å²) in [5.41, 5.74) is 0.529. The van der Waals surface area contributed by atoms with Crippen LogP contribution in [0, 0.1) is 5.82 Å². The van der Waals surface area contributed by atoms with E-state index in [-0.39, 0.29) is 23.6 Å². The van der Waals surface area contributed by atoms with Gasteiger partial charge >= 0.3 is 0 Å². The lowest BCUT2D eigenvalue weighted by Crippen LogP contribution is -2.28. The van der Waals surface area contributed by atoms with E-state index in [0.29, 0.717) is 11.3 Å². The quantitative estimate of drug-likeness (QED) is 0.784. The van der Waals surface area contributed by atoms with E-state index in [0.717, 1.165) is 4.68 Å². The van der Waals surface area contributed by atoms with Gasteiger partial charge in [-0.05, 0) is 18.2 Å². The summed E-state index contributed by atoms with van der Waals surface area (Å²) in [5, 5.41) is 10.3. The van der Waals surface area contributed by atoms with Crippen molar-refractivity contribution in [1.82, 2.24) is 20.3 Å². The number of nitrogens with zero attached hydrogens (tertiary/aromatic N) is 3. The van der Waals surface area contributed by atoms with Crippen LogP contribution in [0.5, 0.6) is 0 Å². The van der Waals surface area contributed by atoms with Crippen LogP contribution in [0.1, 0.15) is 16.2 Å². The highest BCUT2D eigenvalue weighted by atomic mass is 19.1. The van der Waals surface area contributed by atoms with Gasteiger partial charge in [-0.15, -0.1) is 0 Å². The number of nitrogens with one attached hydrogen (secondary N) is 1. The van der Waals surface area contributed by atoms with E-state index in [1.807, 2.05) is 0 Å². The second-order valence-corrected chi connectivity index (χ2v) is 5.03. The normalized spacial score (nSPS) is 10.6. The molecule has 7 nitrogen and oxygen atoms in total. The number of hydrogen-bond donors (Lipinski definition) is 1. The maximum atomic E-state index is 13.7. The molecule has 8 heteroatoms. The molecule has 0 saturated heterocycles. The van der Waals surface area contributed by atoms with Crippen molar-refractivity contribution in [2.24, 2.45) is 7.05 Å². The van der Waals surface area contributed by atoms with Crippen LogP contribution in [0.4, 0.5) is 4.39 Å². The largest absolute Gasteiger partial charge is 0.356 e. The first-order chi connectivity index (χ1) is 11.5. The van der Waals surface area contributed by atoms with Gasteiger partial charge in [-0.1, -0.05) is 17.3 Å². The molecule has 0 spiro atoms. The first kappa shape index (κ1) is 15.6. The van der Waals surface area contributed by atoms with Gasteiger partial charge in [-0.2, -0.15) is 5.10 Å². The average molecular weight is 328 g/mol. The van der Waals surface area contributed by atoms with Gasteiger partial charge in [0.1, 0.15) is 17.2 Å². The lowest BCUT2D eigenvalue weighted by Gasteiger charge is -2.03. The molecule has 0 bridgehead atoms. The SMILES string of the molecule is Cn1nc(C(=O)NCc2cc(-c3ccccc3F)on2)ccc1=O. The molecule has 2 heterocycles. The molecule has 0 aliphatic heterocycles. The zero-order valence-corrected chi connectivity index (χ0v) is 12.7. The molecule has 0 saturated carbocycles. The molecule has 0 aliphatic carbocycles. The van der Waals surface area contributed by atoms with E-state index >= 15 is 0 Å². The molecule has 0 radical (unpaired) electrons. The molecule has 24 heavy (non-hydrogen) atoms. The number of carbonyl (C=O) groups excluding carboxylic acids is 1. The topological polar surface area (TPSA) is 90.0 Å². The van der Waals surface area contributed by atoms with Crippen LogP contribution in [0.2, 0.25) is 0 Å². The Morgan fingerprint density at radius 1 is 1.29 bits per heavy atom. The number of aromatic nitrogens is 3. The average Bonchev–Trinajstić information content (AvgIpc) is 3.04. The van der Waals surface area contributed by atoms with Crippen LogP contribution >= 0.6 is 0 Å². The predicted octanol–water partition coefficient (Wildman–Crippen LogP) is 1.50. The van der Waals surface area contributed by atoms with Gasteiger partial charge < -0.3 is 9.84 Å². The van der Waals surface area contributed by atoms with Crippen molar-refractivity contribution in [1.29, 1.82) is 0 Å². The molecular formula is C16H13FN4O3. The van der Waals surface area contributed by atoms with Crippen molar-refractivity contribution < 1.29 is 13.7 Å². The molecule has 0 unspecified atom stereocenters. The maximum Gasteiger partial charge on any atom is 0.272 e. The molecule has 0 aliphatic rings. The van der Waals surface area contributed by atoms with E-state index in [9.17, 15) is 14.0 Å². The molecule has 2 aromatic heterocycles. The molecule has 3 aromatic rings. The molecule has 1 amide bonds. The summed E-state index contributed by atoms with van der Waals surface area (Å²) in [5.74, 6) is -0.600. The summed E-state index contributed by atoms with van der Waals surface area (Å²) in [7, 11) is 1.46. The van der Waals surface area contributed by atoms with Gasteiger partial charge in [0, 0.05) is 19.2 Å². The Balaban J connectivity index is 1.69. The summed E-state index contributed by atoms with van der Waals surface area (Å²) in [4.78, 5) is 23.3. The highest BCUT2D eigenvalue weighted by molar-refractivity contribution is 5.91. The second-order valence-electron chi connectivity index (χ2n) is 5.03.